The summed E-state index contributed by atoms with van der Waals surface area (Å²) >= 11 is 0. The van der Waals surface area contributed by atoms with Gasteiger partial charge in [0.25, 0.3) is 0 Å². The molecular weight excluding hydrogens is 290 g/mol. The summed E-state index contributed by atoms with van der Waals surface area (Å²) in [6.07, 6.45) is 6.67. The smallest absolute Gasteiger partial charge is 0.226 e. The number of amides is 1. The van der Waals surface area contributed by atoms with Crippen LogP contribution in [0.1, 0.15) is 36.5 Å². The molecule has 2 heterocycles. The van der Waals surface area contributed by atoms with E-state index in [9.17, 15) is 4.79 Å². The van der Waals surface area contributed by atoms with E-state index in [1.807, 2.05) is 35.3 Å². The van der Waals surface area contributed by atoms with Crippen molar-refractivity contribution in [2.24, 2.45) is 5.92 Å². The van der Waals surface area contributed by atoms with Gasteiger partial charge in [0, 0.05) is 24.4 Å². The Morgan fingerprint density at radius 2 is 2.09 bits per heavy atom. The number of aromatic nitrogens is 2. The lowest BCUT2D eigenvalue weighted by Gasteiger charge is -2.16. The highest BCUT2D eigenvalue weighted by Crippen LogP contribution is 2.35. The molecule has 120 valence electrons. The summed E-state index contributed by atoms with van der Waals surface area (Å²) in [5, 5.41) is 7.52. The molecule has 2 aromatic rings. The molecule has 1 aromatic heterocycles. The Morgan fingerprint density at radius 1 is 1.26 bits per heavy atom. The third-order valence-electron chi connectivity index (χ3n) is 4.52. The summed E-state index contributed by atoms with van der Waals surface area (Å²) < 4.78 is 7.73. The van der Waals surface area contributed by atoms with E-state index in [-0.39, 0.29) is 17.9 Å². The number of hydrogen-bond acceptors (Lipinski definition) is 3. The SMILES string of the molecule is O=C(NC1CC1)[C@H]1CCO[C@@H]1c1cnn(Cc2ccccc2)c1. The Kier molecular flexibility index (Phi) is 3.87. The summed E-state index contributed by atoms with van der Waals surface area (Å²) in [5.74, 6) is 0.0378. The molecule has 0 radical (unpaired) electrons. The van der Waals surface area contributed by atoms with Gasteiger partial charge in [-0.25, -0.2) is 0 Å². The topological polar surface area (TPSA) is 56.1 Å². The highest BCUT2D eigenvalue weighted by Gasteiger charge is 2.38. The van der Waals surface area contributed by atoms with Gasteiger partial charge < -0.3 is 10.1 Å². The molecule has 1 aromatic carbocycles. The standard InChI is InChI=1S/C18H21N3O2/c22-18(20-15-6-7-15)16-8-9-23-17(16)14-10-19-21(12-14)11-13-4-2-1-3-5-13/h1-5,10,12,15-17H,6-9,11H2,(H,20,22)/t16-,17+/m0/s1. The summed E-state index contributed by atoms with van der Waals surface area (Å²) in [6.45, 7) is 1.36. The van der Waals surface area contributed by atoms with Gasteiger partial charge in [0.05, 0.1) is 24.8 Å². The molecule has 2 fully saturated rings. The molecule has 4 rings (SSSR count). The van der Waals surface area contributed by atoms with Crippen LogP contribution >= 0.6 is 0 Å². The zero-order valence-corrected chi connectivity index (χ0v) is 13.0. The van der Waals surface area contributed by atoms with Gasteiger partial charge in [-0.15, -0.1) is 0 Å². The first-order valence-electron chi connectivity index (χ1n) is 8.28. The normalized spacial score (nSPS) is 23.8. The Morgan fingerprint density at radius 3 is 2.87 bits per heavy atom. The second-order valence-corrected chi connectivity index (χ2v) is 6.43. The molecule has 1 N–H and O–H groups in total. The lowest BCUT2D eigenvalue weighted by atomic mass is 9.96. The van der Waals surface area contributed by atoms with Gasteiger partial charge in [-0.05, 0) is 24.8 Å². The monoisotopic (exact) mass is 311 g/mol. The average Bonchev–Trinajstić information content (AvgIpc) is 3.06. The number of nitrogens with one attached hydrogen (secondary N) is 1. The minimum absolute atomic E-state index is 0.0926. The zero-order valence-electron chi connectivity index (χ0n) is 13.0. The maximum atomic E-state index is 12.4. The summed E-state index contributed by atoms with van der Waals surface area (Å²) in [6, 6.07) is 10.6. The van der Waals surface area contributed by atoms with Crippen LogP contribution in [0, 0.1) is 5.92 Å². The maximum Gasteiger partial charge on any atom is 0.226 e. The quantitative estimate of drug-likeness (QED) is 0.922. The van der Waals surface area contributed by atoms with Gasteiger partial charge in [0.2, 0.25) is 5.91 Å². The molecule has 5 heteroatoms. The van der Waals surface area contributed by atoms with Crippen LogP contribution in [0.5, 0.6) is 0 Å². The Balaban J connectivity index is 1.45. The van der Waals surface area contributed by atoms with Crippen LogP contribution in [0.3, 0.4) is 0 Å². The molecule has 1 saturated carbocycles. The van der Waals surface area contributed by atoms with Gasteiger partial charge in [-0.3, -0.25) is 9.48 Å². The van der Waals surface area contributed by atoms with Crippen molar-refractivity contribution < 1.29 is 9.53 Å². The lowest BCUT2D eigenvalue weighted by molar-refractivity contribution is -0.126. The van der Waals surface area contributed by atoms with E-state index in [4.69, 9.17) is 4.74 Å². The van der Waals surface area contributed by atoms with Crippen LogP contribution in [-0.2, 0) is 16.1 Å². The molecule has 1 aliphatic carbocycles. The Hall–Kier alpha value is -2.14. The number of carbonyl (C=O) groups excluding carboxylic acids is 1. The molecule has 1 aliphatic heterocycles. The van der Waals surface area contributed by atoms with E-state index in [0.29, 0.717) is 12.6 Å². The van der Waals surface area contributed by atoms with Crippen LogP contribution < -0.4 is 5.32 Å². The van der Waals surface area contributed by atoms with E-state index in [1.54, 1.807) is 0 Å². The van der Waals surface area contributed by atoms with Crippen molar-refractivity contribution >= 4 is 5.91 Å². The highest BCUT2D eigenvalue weighted by molar-refractivity contribution is 5.80. The van der Waals surface area contributed by atoms with Crippen LogP contribution in [0.4, 0.5) is 0 Å². The van der Waals surface area contributed by atoms with Gasteiger partial charge >= 0.3 is 0 Å². The van der Waals surface area contributed by atoms with Crippen molar-refractivity contribution in [3.8, 4) is 0 Å². The Bertz CT molecular complexity index is 679. The molecule has 23 heavy (non-hydrogen) atoms. The zero-order chi connectivity index (χ0) is 15.6. The molecule has 0 bridgehead atoms. The third-order valence-corrected chi connectivity index (χ3v) is 4.52. The first-order valence-corrected chi connectivity index (χ1v) is 8.28. The molecular formula is C18H21N3O2. The molecule has 1 amide bonds. The van der Waals surface area contributed by atoms with Crippen LogP contribution in [0.2, 0.25) is 0 Å². The van der Waals surface area contributed by atoms with Crippen LogP contribution in [0.15, 0.2) is 42.7 Å². The summed E-state index contributed by atoms with van der Waals surface area (Å²) in [7, 11) is 0. The van der Waals surface area contributed by atoms with Crippen molar-refractivity contribution in [1.29, 1.82) is 0 Å². The third kappa shape index (κ3) is 3.29. The molecule has 5 nitrogen and oxygen atoms in total. The van der Waals surface area contributed by atoms with Crippen molar-refractivity contribution in [2.75, 3.05) is 6.61 Å². The predicted molar refractivity (Wildman–Crippen MR) is 85.7 cm³/mol. The first kappa shape index (κ1) is 14.5. The maximum absolute atomic E-state index is 12.4. The fraction of sp³-hybridized carbons (Fsp3) is 0.444. The van der Waals surface area contributed by atoms with Crippen LogP contribution in [-0.4, -0.2) is 28.3 Å². The summed E-state index contributed by atoms with van der Waals surface area (Å²) in [5.41, 5.74) is 2.20. The summed E-state index contributed by atoms with van der Waals surface area (Å²) in [4.78, 5) is 12.4. The molecule has 1 saturated heterocycles. The van der Waals surface area contributed by atoms with Gasteiger partial charge in [0.1, 0.15) is 0 Å². The predicted octanol–water partition coefficient (Wildman–Crippen LogP) is 2.29. The van der Waals surface area contributed by atoms with Crippen molar-refractivity contribution in [2.45, 2.75) is 38.0 Å². The fourth-order valence-electron chi connectivity index (χ4n) is 3.11. The number of carbonyl (C=O) groups is 1. The van der Waals surface area contributed by atoms with Crippen molar-refractivity contribution in [1.82, 2.24) is 15.1 Å². The fourth-order valence-corrected chi connectivity index (χ4v) is 3.11. The largest absolute Gasteiger partial charge is 0.373 e. The van der Waals surface area contributed by atoms with E-state index in [0.717, 1.165) is 31.4 Å². The van der Waals surface area contributed by atoms with E-state index in [2.05, 4.69) is 22.5 Å². The lowest BCUT2D eigenvalue weighted by Crippen LogP contribution is -2.33. The highest BCUT2D eigenvalue weighted by atomic mass is 16.5. The van der Waals surface area contributed by atoms with E-state index < -0.39 is 0 Å². The second-order valence-electron chi connectivity index (χ2n) is 6.43. The number of rotatable bonds is 5. The minimum atomic E-state index is -0.168. The van der Waals surface area contributed by atoms with E-state index >= 15 is 0 Å². The Labute approximate surface area is 135 Å². The number of benzene rings is 1. The number of hydrogen-bond donors (Lipinski definition) is 1. The second kappa shape index (κ2) is 6.16. The van der Waals surface area contributed by atoms with Crippen molar-refractivity contribution in [3.63, 3.8) is 0 Å². The van der Waals surface area contributed by atoms with Gasteiger partial charge in [-0.1, -0.05) is 30.3 Å². The number of ether oxygens (including phenoxy) is 1. The van der Waals surface area contributed by atoms with E-state index in [1.165, 1.54) is 5.56 Å². The molecule has 2 atom stereocenters. The molecule has 0 unspecified atom stereocenters. The minimum Gasteiger partial charge on any atom is -0.373 e. The van der Waals surface area contributed by atoms with Gasteiger partial charge in [-0.2, -0.15) is 5.10 Å². The van der Waals surface area contributed by atoms with Crippen molar-refractivity contribution in [3.05, 3.63) is 53.9 Å². The molecule has 0 spiro atoms. The molecule has 2 aliphatic rings. The first-order chi connectivity index (χ1) is 11.3. The van der Waals surface area contributed by atoms with Gasteiger partial charge in [0.15, 0.2) is 0 Å². The van der Waals surface area contributed by atoms with Crippen LogP contribution in [0.25, 0.3) is 0 Å². The number of nitrogens with zero attached hydrogens (tertiary/aromatic N) is 2. The average molecular weight is 311 g/mol.